The van der Waals surface area contributed by atoms with Gasteiger partial charge in [-0.25, -0.2) is 13.6 Å². The number of sulfonamides is 1. The first-order valence-corrected chi connectivity index (χ1v) is 11.0. The summed E-state index contributed by atoms with van der Waals surface area (Å²) in [6.07, 6.45) is 3.43. The molecular formula is C20H19ClN4O2S2. The highest BCUT2D eigenvalue weighted by atomic mass is 35.5. The molecule has 0 aliphatic rings. The van der Waals surface area contributed by atoms with E-state index in [1.165, 1.54) is 12.1 Å². The molecule has 0 atom stereocenters. The topological polar surface area (TPSA) is 88.3 Å². The summed E-state index contributed by atoms with van der Waals surface area (Å²) < 4.78 is 23.1. The number of pyridine rings is 1. The number of anilines is 1. The molecule has 3 aromatic rings. The Hall–Kier alpha value is -2.52. The maximum atomic E-state index is 11.5. The summed E-state index contributed by atoms with van der Waals surface area (Å²) in [5.41, 5.74) is 2.63. The van der Waals surface area contributed by atoms with Crippen molar-refractivity contribution in [2.24, 2.45) is 5.14 Å². The van der Waals surface area contributed by atoms with Crippen LogP contribution in [-0.4, -0.2) is 18.5 Å². The number of hydrogen-bond donors (Lipinski definition) is 2. The number of thiocarbonyl (C=S) groups is 1. The number of nitrogens with one attached hydrogen (secondary N) is 1. The van der Waals surface area contributed by atoms with E-state index in [2.05, 4.69) is 10.3 Å². The highest BCUT2D eigenvalue weighted by molar-refractivity contribution is 7.89. The molecule has 9 heteroatoms. The van der Waals surface area contributed by atoms with E-state index in [9.17, 15) is 8.42 Å². The molecule has 29 heavy (non-hydrogen) atoms. The van der Waals surface area contributed by atoms with Crippen molar-refractivity contribution in [3.05, 3.63) is 89.2 Å². The molecule has 2 aromatic carbocycles. The third-order valence-corrected chi connectivity index (χ3v) is 5.86. The molecule has 0 fully saturated rings. The summed E-state index contributed by atoms with van der Waals surface area (Å²) in [6, 6.07) is 17.5. The van der Waals surface area contributed by atoms with E-state index < -0.39 is 10.0 Å². The van der Waals surface area contributed by atoms with Crippen LogP contribution in [0.2, 0.25) is 5.02 Å². The number of benzene rings is 2. The van der Waals surface area contributed by atoms with Gasteiger partial charge in [0.15, 0.2) is 5.11 Å². The summed E-state index contributed by atoms with van der Waals surface area (Å²) >= 11 is 11.9. The van der Waals surface area contributed by atoms with Crippen LogP contribution in [0.25, 0.3) is 0 Å². The minimum Gasteiger partial charge on any atom is -0.358 e. The maximum absolute atomic E-state index is 11.5. The van der Waals surface area contributed by atoms with Gasteiger partial charge in [0.25, 0.3) is 0 Å². The van der Waals surface area contributed by atoms with E-state index in [1.54, 1.807) is 24.5 Å². The van der Waals surface area contributed by atoms with Crippen LogP contribution < -0.4 is 15.4 Å². The molecule has 150 valence electrons. The zero-order valence-electron chi connectivity index (χ0n) is 15.3. The Balaban J connectivity index is 1.86. The number of nitrogens with zero attached hydrogens (tertiary/aromatic N) is 2. The molecule has 0 spiro atoms. The Morgan fingerprint density at radius 3 is 2.34 bits per heavy atom. The van der Waals surface area contributed by atoms with E-state index in [0.717, 1.165) is 11.1 Å². The van der Waals surface area contributed by atoms with Gasteiger partial charge in [-0.2, -0.15) is 0 Å². The number of rotatable bonds is 6. The lowest BCUT2D eigenvalue weighted by Gasteiger charge is -2.27. The van der Waals surface area contributed by atoms with Gasteiger partial charge in [-0.15, -0.1) is 0 Å². The lowest BCUT2D eigenvalue weighted by Crippen LogP contribution is -2.39. The van der Waals surface area contributed by atoms with Crippen LogP contribution in [0.3, 0.4) is 0 Å². The second kappa shape index (κ2) is 9.32. The molecule has 1 heterocycles. The van der Waals surface area contributed by atoms with Crippen molar-refractivity contribution in [2.75, 3.05) is 4.90 Å². The van der Waals surface area contributed by atoms with E-state index in [0.29, 0.717) is 28.9 Å². The number of nitrogens with two attached hydrogens (primary N) is 1. The Kier molecular flexibility index (Phi) is 6.81. The first-order valence-electron chi connectivity index (χ1n) is 8.65. The predicted molar refractivity (Wildman–Crippen MR) is 119 cm³/mol. The van der Waals surface area contributed by atoms with E-state index >= 15 is 0 Å². The smallest absolute Gasteiger partial charge is 0.238 e. The molecule has 0 aliphatic carbocycles. The summed E-state index contributed by atoms with van der Waals surface area (Å²) in [5, 5.41) is 9.52. The third kappa shape index (κ3) is 5.74. The molecule has 3 rings (SSSR count). The fraction of sp³-hybridized carbons (Fsp3) is 0.100. The van der Waals surface area contributed by atoms with E-state index in [1.807, 2.05) is 41.3 Å². The number of primary sulfonamides is 1. The second-order valence-corrected chi connectivity index (χ2v) is 8.59. The highest BCUT2D eigenvalue weighted by Crippen LogP contribution is 2.23. The third-order valence-electron chi connectivity index (χ3n) is 4.20. The normalized spacial score (nSPS) is 11.1. The summed E-state index contributed by atoms with van der Waals surface area (Å²) in [7, 11) is -3.77. The van der Waals surface area contributed by atoms with Gasteiger partial charge in [-0.3, -0.25) is 4.98 Å². The molecular weight excluding hydrogens is 428 g/mol. The Morgan fingerprint density at radius 2 is 1.72 bits per heavy atom. The first-order chi connectivity index (χ1) is 13.8. The van der Waals surface area contributed by atoms with E-state index in [-0.39, 0.29) is 4.90 Å². The molecule has 0 amide bonds. The van der Waals surface area contributed by atoms with Crippen molar-refractivity contribution in [1.82, 2.24) is 10.3 Å². The number of halogens is 1. The maximum Gasteiger partial charge on any atom is 0.238 e. The zero-order chi connectivity index (χ0) is 20.9. The summed E-state index contributed by atoms with van der Waals surface area (Å²) in [4.78, 5) is 5.89. The summed E-state index contributed by atoms with van der Waals surface area (Å²) in [5.74, 6) is 0. The summed E-state index contributed by atoms with van der Waals surface area (Å²) in [6.45, 7) is 0.937. The SMILES string of the molecule is NS(=O)(=O)c1ccc(N(Cc2ccccc2Cl)C(=S)NCc2ccncc2)cc1. The van der Waals surface area contributed by atoms with Crippen molar-refractivity contribution in [3.63, 3.8) is 0 Å². The minimum atomic E-state index is -3.77. The molecule has 0 saturated heterocycles. The Bertz CT molecular complexity index is 1090. The molecule has 0 unspecified atom stereocenters. The van der Waals surface area contributed by atoms with Gasteiger partial charge in [-0.05, 0) is 65.8 Å². The molecule has 6 nitrogen and oxygen atoms in total. The monoisotopic (exact) mass is 446 g/mol. The molecule has 0 bridgehead atoms. The largest absolute Gasteiger partial charge is 0.358 e. The van der Waals surface area contributed by atoms with Gasteiger partial charge in [-0.1, -0.05) is 29.8 Å². The fourth-order valence-electron chi connectivity index (χ4n) is 2.67. The fourth-order valence-corrected chi connectivity index (χ4v) is 3.62. The number of aromatic nitrogens is 1. The van der Waals surface area contributed by atoms with Crippen molar-refractivity contribution < 1.29 is 8.42 Å². The predicted octanol–water partition coefficient (Wildman–Crippen LogP) is 3.46. The van der Waals surface area contributed by atoms with Crippen LogP contribution in [-0.2, 0) is 23.1 Å². The Labute approximate surface area is 180 Å². The van der Waals surface area contributed by atoms with Gasteiger partial charge < -0.3 is 10.2 Å². The van der Waals surface area contributed by atoms with Crippen LogP contribution in [0.1, 0.15) is 11.1 Å². The van der Waals surface area contributed by atoms with Crippen molar-refractivity contribution in [1.29, 1.82) is 0 Å². The highest BCUT2D eigenvalue weighted by Gasteiger charge is 2.16. The lowest BCUT2D eigenvalue weighted by molar-refractivity contribution is 0.598. The molecule has 0 radical (unpaired) electrons. The van der Waals surface area contributed by atoms with Crippen LogP contribution in [0, 0.1) is 0 Å². The van der Waals surface area contributed by atoms with Gasteiger partial charge in [0.2, 0.25) is 10.0 Å². The van der Waals surface area contributed by atoms with Crippen molar-refractivity contribution >= 4 is 44.6 Å². The second-order valence-electron chi connectivity index (χ2n) is 6.23. The van der Waals surface area contributed by atoms with Gasteiger partial charge in [0.1, 0.15) is 0 Å². The molecule has 1 aromatic heterocycles. The Morgan fingerprint density at radius 1 is 1.07 bits per heavy atom. The molecule has 0 saturated carbocycles. The minimum absolute atomic E-state index is 0.0367. The van der Waals surface area contributed by atoms with Crippen LogP contribution in [0.15, 0.2) is 78.0 Å². The van der Waals surface area contributed by atoms with Crippen LogP contribution in [0.5, 0.6) is 0 Å². The van der Waals surface area contributed by atoms with Crippen LogP contribution >= 0.6 is 23.8 Å². The van der Waals surface area contributed by atoms with Crippen molar-refractivity contribution in [2.45, 2.75) is 18.0 Å². The van der Waals surface area contributed by atoms with Gasteiger partial charge in [0, 0.05) is 29.6 Å². The standard InChI is InChI=1S/C20H19ClN4O2S2/c21-19-4-2-1-3-16(19)14-25(17-5-7-18(8-6-17)29(22,26)27)20(28)24-13-15-9-11-23-12-10-15/h1-12H,13-14H2,(H,24,28)(H2,22,26,27). The van der Waals surface area contributed by atoms with E-state index in [4.69, 9.17) is 29.0 Å². The van der Waals surface area contributed by atoms with Gasteiger partial charge in [0.05, 0.1) is 11.4 Å². The first kappa shape index (κ1) is 21.2. The van der Waals surface area contributed by atoms with Crippen LogP contribution in [0.4, 0.5) is 5.69 Å². The molecule has 0 aliphatic heterocycles. The van der Waals surface area contributed by atoms with Gasteiger partial charge >= 0.3 is 0 Å². The lowest BCUT2D eigenvalue weighted by atomic mass is 10.2. The average molecular weight is 447 g/mol. The quantitative estimate of drug-likeness (QED) is 0.564. The molecule has 3 N–H and O–H groups in total. The van der Waals surface area contributed by atoms with Crippen molar-refractivity contribution in [3.8, 4) is 0 Å². The number of hydrogen-bond acceptors (Lipinski definition) is 4. The average Bonchev–Trinajstić information content (AvgIpc) is 2.72. The zero-order valence-corrected chi connectivity index (χ0v) is 17.7.